The Labute approximate surface area is 177 Å². The maximum atomic E-state index is 13.4. The van der Waals surface area contributed by atoms with E-state index in [4.69, 9.17) is 0 Å². The number of allylic oxidation sites excluding steroid dienone is 4. The van der Waals surface area contributed by atoms with E-state index in [2.05, 4.69) is 24.4 Å². The second-order valence-electron chi connectivity index (χ2n) is 7.44. The maximum Gasteiger partial charge on any atom is 0.334 e. The van der Waals surface area contributed by atoms with E-state index >= 15 is 0 Å². The van der Waals surface area contributed by atoms with Crippen LogP contribution in [-0.4, -0.2) is 28.2 Å². The summed E-state index contributed by atoms with van der Waals surface area (Å²) in [6, 6.07) is 7.64. The molecule has 0 unspecified atom stereocenters. The number of aliphatic imine (C=N–C) groups is 1. The minimum absolute atomic E-state index is 0.0966. The third-order valence-electron chi connectivity index (χ3n) is 5.15. The van der Waals surface area contributed by atoms with Crippen LogP contribution in [0.5, 0.6) is 0 Å². The van der Waals surface area contributed by atoms with E-state index in [1.807, 2.05) is 54.3 Å². The predicted molar refractivity (Wildman–Crippen MR) is 124 cm³/mol. The van der Waals surface area contributed by atoms with Gasteiger partial charge >= 0.3 is 5.69 Å². The monoisotopic (exact) mass is 404 g/mol. The lowest BCUT2D eigenvalue weighted by molar-refractivity contribution is -0.116. The minimum Gasteiger partial charge on any atom is -0.351 e. The summed E-state index contributed by atoms with van der Waals surface area (Å²) in [5.41, 5.74) is 3.93. The summed E-state index contributed by atoms with van der Waals surface area (Å²) in [6.45, 7) is 11.9. The van der Waals surface area contributed by atoms with E-state index in [1.165, 1.54) is 0 Å². The van der Waals surface area contributed by atoms with Crippen LogP contribution in [0.1, 0.15) is 38.1 Å². The van der Waals surface area contributed by atoms with Crippen molar-refractivity contribution in [1.82, 2.24) is 9.13 Å². The molecule has 0 bridgehead atoms. The summed E-state index contributed by atoms with van der Waals surface area (Å²) < 4.78 is 3.44. The van der Waals surface area contributed by atoms with Crippen molar-refractivity contribution in [3.63, 3.8) is 0 Å². The molecule has 30 heavy (non-hydrogen) atoms. The summed E-state index contributed by atoms with van der Waals surface area (Å²) >= 11 is 0. The molecular formula is C24H28N4O2. The summed E-state index contributed by atoms with van der Waals surface area (Å²) in [5.74, 6) is 0.0966. The van der Waals surface area contributed by atoms with Gasteiger partial charge in [-0.15, -0.1) is 0 Å². The van der Waals surface area contributed by atoms with Crippen molar-refractivity contribution < 1.29 is 4.79 Å². The Morgan fingerprint density at radius 2 is 2.00 bits per heavy atom. The second kappa shape index (κ2) is 9.39. The van der Waals surface area contributed by atoms with Gasteiger partial charge in [-0.3, -0.25) is 18.9 Å². The first-order chi connectivity index (χ1) is 14.4. The smallest absolute Gasteiger partial charge is 0.334 e. The lowest BCUT2D eigenvalue weighted by Gasteiger charge is -2.26. The molecule has 6 heteroatoms. The highest BCUT2D eigenvalue weighted by molar-refractivity contribution is 5.76. The SMILES string of the molecule is C=Nc1ccccc1N(CCC(C)=O)Cn1c2c(n(C(=C)C)c1=O)/C=C\C=C/CC2. The van der Waals surface area contributed by atoms with Gasteiger partial charge in [0, 0.05) is 24.4 Å². The Kier molecular flexibility index (Phi) is 6.67. The zero-order chi connectivity index (χ0) is 21.7. The lowest BCUT2D eigenvalue weighted by atomic mass is 10.1. The Morgan fingerprint density at radius 3 is 2.70 bits per heavy atom. The van der Waals surface area contributed by atoms with Crippen LogP contribution >= 0.6 is 0 Å². The molecule has 0 spiro atoms. The summed E-state index contributed by atoms with van der Waals surface area (Å²) in [5, 5.41) is 0. The fraction of sp³-hybridized carbons (Fsp3) is 0.292. The van der Waals surface area contributed by atoms with E-state index in [0.29, 0.717) is 25.3 Å². The van der Waals surface area contributed by atoms with Crippen molar-refractivity contribution in [3.05, 3.63) is 70.9 Å². The normalized spacial score (nSPS) is 14.9. The fourth-order valence-corrected chi connectivity index (χ4v) is 3.69. The molecule has 0 atom stereocenters. The van der Waals surface area contributed by atoms with Crippen molar-refractivity contribution in [3.8, 4) is 0 Å². The number of benzene rings is 1. The Hall–Kier alpha value is -3.41. The third kappa shape index (κ3) is 4.43. The van der Waals surface area contributed by atoms with Crippen molar-refractivity contribution in [1.29, 1.82) is 0 Å². The average molecular weight is 405 g/mol. The number of para-hydroxylation sites is 2. The molecule has 6 nitrogen and oxygen atoms in total. The molecule has 0 N–H and O–H groups in total. The molecule has 1 aliphatic carbocycles. The molecular weight excluding hydrogens is 376 g/mol. The maximum absolute atomic E-state index is 13.4. The number of ketones is 1. The average Bonchev–Trinajstić information content (AvgIpc) is 2.95. The molecule has 0 aliphatic heterocycles. The van der Waals surface area contributed by atoms with Crippen LogP contribution in [0.4, 0.5) is 11.4 Å². The Balaban J connectivity index is 2.11. The highest BCUT2D eigenvalue weighted by Crippen LogP contribution is 2.29. The minimum atomic E-state index is -0.129. The standard InChI is InChI=1S/C24H28N4O2/c1-18(2)28-23-14-8-6-5-7-13-22(23)27(24(28)30)17-26(16-15-19(3)29)21-12-10-9-11-20(21)25-4/h5-6,8-12,14H,1,4,7,13,15-17H2,2-3H3/b6-5-,14-8-. The van der Waals surface area contributed by atoms with Gasteiger partial charge in [-0.2, -0.15) is 0 Å². The molecule has 0 fully saturated rings. The number of imidazole rings is 1. The van der Waals surface area contributed by atoms with Crippen LogP contribution in [0.25, 0.3) is 11.8 Å². The van der Waals surface area contributed by atoms with Crippen molar-refractivity contribution in [2.24, 2.45) is 4.99 Å². The number of aromatic nitrogens is 2. The molecule has 0 saturated heterocycles. The Morgan fingerprint density at radius 1 is 1.23 bits per heavy atom. The largest absolute Gasteiger partial charge is 0.351 e. The van der Waals surface area contributed by atoms with Gasteiger partial charge in [-0.05, 0) is 51.6 Å². The van der Waals surface area contributed by atoms with Crippen molar-refractivity contribution >= 4 is 35.6 Å². The molecule has 1 aliphatic rings. The van der Waals surface area contributed by atoms with Gasteiger partial charge in [0.1, 0.15) is 5.78 Å². The van der Waals surface area contributed by atoms with Gasteiger partial charge in [0.15, 0.2) is 0 Å². The molecule has 0 amide bonds. The Bertz CT molecular complexity index is 1090. The molecule has 2 aromatic rings. The summed E-state index contributed by atoms with van der Waals surface area (Å²) in [7, 11) is 0. The van der Waals surface area contributed by atoms with E-state index in [-0.39, 0.29) is 11.5 Å². The van der Waals surface area contributed by atoms with Gasteiger partial charge < -0.3 is 4.90 Å². The first-order valence-electron chi connectivity index (χ1n) is 10.1. The second-order valence-corrected chi connectivity index (χ2v) is 7.44. The first-order valence-corrected chi connectivity index (χ1v) is 10.1. The number of nitrogens with zero attached hydrogens (tertiary/aromatic N) is 4. The van der Waals surface area contributed by atoms with Gasteiger partial charge in [0.25, 0.3) is 0 Å². The zero-order valence-corrected chi connectivity index (χ0v) is 17.7. The molecule has 3 rings (SSSR count). The number of carbonyl (C=O) groups excluding carboxylic acids is 1. The van der Waals surface area contributed by atoms with Crippen LogP contribution < -0.4 is 10.6 Å². The molecule has 1 aromatic carbocycles. The topological polar surface area (TPSA) is 59.6 Å². The van der Waals surface area contributed by atoms with Crippen LogP contribution in [0, 0.1) is 0 Å². The summed E-state index contributed by atoms with van der Waals surface area (Å²) in [4.78, 5) is 31.2. The van der Waals surface area contributed by atoms with Gasteiger partial charge in [-0.25, -0.2) is 4.79 Å². The molecule has 1 heterocycles. The van der Waals surface area contributed by atoms with Gasteiger partial charge in [0.2, 0.25) is 0 Å². The highest BCUT2D eigenvalue weighted by Gasteiger charge is 2.21. The zero-order valence-electron chi connectivity index (χ0n) is 17.7. The molecule has 0 radical (unpaired) electrons. The number of hydrogen-bond donors (Lipinski definition) is 0. The number of hydrogen-bond acceptors (Lipinski definition) is 4. The number of anilines is 1. The number of fused-ring (bicyclic) bond motifs is 1. The first kappa shape index (κ1) is 21.3. The van der Waals surface area contributed by atoms with E-state index in [0.717, 1.165) is 35.6 Å². The lowest BCUT2D eigenvalue weighted by Crippen LogP contribution is -2.35. The van der Waals surface area contributed by atoms with E-state index in [1.54, 1.807) is 16.1 Å². The fourth-order valence-electron chi connectivity index (χ4n) is 3.69. The third-order valence-corrected chi connectivity index (χ3v) is 5.15. The van der Waals surface area contributed by atoms with Gasteiger partial charge in [0.05, 0.1) is 23.7 Å². The number of Topliss-reactive ketones (excluding diaryl/α,β-unsaturated/α-hetero) is 1. The molecule has 1 aromatic heterocycles. The summed E-state index contributed by atoms with van der Waals surface area (Å²) in [6.07, 6.45) is 9.97. The highest BCUT2D eigenvalue weighted by atomic mass is 16.2. The van der Waals surface area contributed by atoms with Crippen LogP contribution in [0.15, 0.2) is 58.9 Å². The predicted octanol–water partition coefficient (Wildman–Crippen LogP) is 4.43. The van der Waals surface area contributed by atoms with Crippen LogP contribution in [0.3, 0.4) is 0 Å². The van der Waals surface area contributed by atoms with Crippen molar-refractivity contribution in [2.45, 2.75) is 39.8 Å². The van der Waals surface area contributed by atoms with Crippen molar-refractivity contribution in [2.75, 3.05) is 11.4 Å². The van der Waals surface area contributed by atoms with E-state index < -0.39 is 0 Å². The van der Waals surface area contributed by atoms with Crippen LogP contribution in [-0.2, 0) is 17.9 Å². The molecule has 156 valence electrons. The number of rotatable bonds is 8. The van der Waals surface area contributed by atoms with Crippen LogP contribution in [0.2, 0.25) is 0 Å². The number of carbonyl (C=O) groups is 1. The molecule has 0 saturated carbocycles. The van der Waals surface area contributed by atoms with Gasteiger partial charge in [-0.1, -0.05) is 36.9 Å². The quantitative estimate of drug-likeness (QED) is 0.612. The van der Waals surface area contributed by atoms with E-state index in [9.17, 15) is 9.59 Å².